The van der Waals surface area contributed by atoms with Gasteiger partial charge >= 0.3 is 5.97 Å². The van der Waals surface area contributed by atoms with E-state index in [4.69, 9.17) is 5.26 Å². The third-order valence-electron chi connectivity index (χ3n) is 1.38. The molecule has 1 atom stereocenters. The molecular formula is C8H7N2O2P. The van der Waals surface area contributed by atoms with E-state index in [0.717, 1.165) is 0 Å². The zero-order chi connectivity index (χ0) is 9.84. The quantitative estimate of drug-likeness (QED) is 0.474. The van der Waals surface area contributed by atoms with Crippen molar-refractivity contribution in [2.45, 2.75) is 0 Å². The van der Waals surface area contributed by atoms with Crippen LogP contribution < -0.4 is 5.44 Å². The molecule has 0 aliphatic rings. The molecule has 1 aromatic rings. The molecule has 0 spiro atoms. The number of ether oxygens (including phenoxy) is 1. The number of esters is 1. The summed E-state index contributed by atoms with van der Waals surface area (Å²) in [6, 6.07) is 4.78. The first-order chi connectivity index (χ1) is 6.17. The molecule has 66 valence electrons. The van der Waals surface area contributed by atoms with E-state index in [0.29, 0.717) is 11.0 Å². The number of aromatic nitrogens is 1. The number of nitrogens with zero attached hydrogens (tertiary/aromatic N) is 2. The highest BCUT2D eigenvalue weighted by Crippen LogP contribution is 2.02. The molecule has 0 aliphatic carbocycles. The average Bonchev–Trinajstić information content (AvgIpc) is 2.15. The minimum absolute atomic E-state index is 0.202. The fourth-order valence-corrected chi connectivity index (χ4v) is 1.16. The first-order valence-corrected chi connectivity index (χ1v) is 4.01. The summed E-state index contributed by atoms with van der Waals surface area (Å²) in [5.41, 5.74) is 1.08. The maximum Gasteiger partial charge on any atom is 0.338 e. The Labute approximate surface area is 77.7 Å². The minimum atomic E-state index is -0.470. The predicted octanol–water partition coefficient (Wildman–Crippen LogP) is 0.240. The monoisotopic (exact) mass is 194 g/mol. The molecule has 0 saturated heterocycles. The number of carbonyl (C=O) groups excluding carboxylic acids is 1. The summed E-state index contributed by atoms with van der Waals surface area (Å²) in [6.45, 7) is 0. The van der Waals surface area contributed by atoms with Crippen molar-refractivity contribution in [1.82, 2.24) is 4.98 Å². The van der Waals surface area contributed by atoms with Gasteiger partial charge in [0.15, 0.2) is 0 Å². The summed E-state index contributed by atoms with van der Waals surface area (Å²) in [7, 11) is 3.61. The van der Waals surface area contributed by atoms with Crippen LogP contribution in [-0.4, -0.2) is 18.1 Å². The molecule has 5 heteroatoms. The van der Waals surface area contributed by atoms with Gasteiger partial charge < -0.3 is 4.74 Å². The summed E-state index contributed by atoms with van der Waals surface area (Å²) >= 11 is 0. The zero-order valence-corrected chi connectivity index (χ0v) is 8.10. The van der Waals surface area contributed by atoms with Gasteiger partial charge in [0.1, 0.15) is 11.8 Å². The van der Waals surface area contributed by atoms with Crippen molar-refractivity contribution >= 4 is 20.6 Å². The fraction of sp³-hybridized carbons (Fsp3) is 0.125. The number of hydrogen-bond donors (Lipinski definition) is 0. The Morgan fingerprint density at radius 3 is 2.92 bits per heavy atom. The molecule has 0 fully saturated rings. The fourth-order valence-electron chi connectivity index (χ4n) is 0.845. The molecule has 4 nitrogen and oxygen atoms in total. The first-order valence-electron chi connectivity index (χ1n) is 3.43. The van der Waals surface area contributed by atoms with Crippen LogP contribution in [0.3, 0.4) is 0 Å². The number of rotatable bonds is 1. The van der Waals surface area contributed by atoms with E-state index >= 15 is 0 Å². The first kappa shape index (κ1) is 9.63. The second kappa shape index (κ2) is 3.97. The van der Waals surface area contributed by atoms with Gasteiger partial charge in [0, 0.05) is 0 Å². The molecular weight excluding hydrogens is 187 g/mol. The maximum atomic E-state index is 11.1. The van der Waals surface area contributed by atoms with Crippen molar-refractivity contribution < 1.29 is 9.53 Å². The average molecular weight is 194 g/mol. The van der Waals surface area contributed by atoms with Gasteiger partial charge in [-0.15, -0.1) is 0 Å². The maximum absolute atomic E-state index is 11.1. The summed E-state index contributed by atoms with van der Waals surface area (Å²) in [4.78, 5) is 14.9. The molecule has 13 heavy (non-hydrogen) atoms. The highest BCUT2D eigenvalue weighted by atomic mass is 31.0. The number of carbonyl (C=O) groups is 1. The van der Waals surface area contributed by atoms with Crippen LogP contribution in [-0.2, 0) is 4.74 Å². The van der Waals surface area contributed by atoms with Gasteiger partial charge in [-0.3, -0.25) is 0 Å². The van der Waals surface area contributed by atoms with Gasteiger partial charge in [-0.25, -0.2) is 9.78 Å². The molecule has 0 N–H and O–H groups in total. The summed E-state index contributed by atoms with van der Waals surface area (Å²) in [6.07, 6.45) is 0. The second-order valence-electron chi connectivity index (χ2n) is 2.27. The van der Waals surface area contributed by atoms with Crippen molar-refractivity contribution in [3.63, 3.8) is 0 Å². The SMILES string of the molecule is COC(=O)c1cc(P)nc(C#N)c1. The third kappa shape index (κ3) is 2.24. The number of pyridine rings is 1. The van der Waals surface area contributed by atoms with E-state index in [-0.39, 0.29) is 5.69 Å². The van der Waals surface area contributed by atoms with Gasteiger partial charge in [-0.2, -0.15) is 5.26 Å². The van der Waals surface area contributed by atoms with E-state index in [1.54, 1.807) is 0 Å². The second-order valence-corrected chi connectivity index (χ2v) is 2.86. The molecule has 0 bridgehead atoms. The Hall–Kier alpha value is -1.46. The van der Waals surface area contributed by atoms with Crippen LogP contribution >= 0.6 is 9.24 Å². The number of nitriles is 1. The van der Waals surface area contributed by atoms with Gasteiger partial charge in [-0.1, -0.05) is 9.24 Å². The van der Waals surface area contributed by atoms with Crippen LogP contribution in [0, 0.1) is 11.3 Å². The molecule has 0 aromatic carbocycles. The lowest BCUT2D eigenvalue weighted by molar-refractivity contribution is 0.0600. The highest BCUT2D eigenvalue weighted by molar-refractivity contribution is 7.26. The van der Waals surface area contributed by atoms with E-state index in [9.17, 15) is 4.79 Å². The van der Waals surface area contributed by atoms with Crippen molar-refractivity contribution in [1.29, 1.82) is 5.26 Å². The van der Waals surface area contributed by atoms with Crippen molar-refractivity contribution in [3.05, 3.63) is 23.4 Å². The lowest BCUT2D eigenvalue weighted by atomic mass is 10.2. The lowest BCUT2D eigenvalue weighted by Crippen LogP contribution is -2.08. The van der Waals surface area contributed by atoms with Crippen molar-refractivity contribution in [2.75, 3.05) is 7.11 Å². The van der Waals surface area contributed by atoms with Gasteiger partial charge in [0.05, 0.1) is 18.1 Å². The lowest BCUT2D eigenvalue weighted by Gasteiger charge is -1.99. The van der Waals surface area contributed by atoms with Gasteiger partial charge in [-0.05, 0) is 12.1 Å². The minimum Gasteiger partial charge on any atom is -0.465 e. The molecule has 0 radical (unpaired) electrons. The van der Waals surface area contributed by atoms with Crippen LogP contribution in [0.4, 0.5) is 0 Å². The van der Waals surface area contributed by atoms with Gasteiger partial charge in [0.25, 0.3) is 0 Å². The Balaban J connectivity index is 3.17. The zero-order valence-electron chi connectivity index (χ0n) is 6.94. The molecule has 1 unspecified atom stereocenters. The number of methoxy groups -OCH3 is 1. The predicted molar refractivity (Wildman–Crippen MR) is 49.6 cm³/mol. The highest BCUT2D eigenvalue weighted by Gasteiger charge is 2.07. The van der Waals surface area contributed by atoms with E-state index in [2.05, 4.69) is 19.0 Å². The van der Waals surface area contributed by atoms with E-state index in [1.807, 2.05) is 6.07 Å². The summed E-state index contributed by atoms with van der Waals surface area (Å²) in [5, 5.41) is 8.57. The summed E-state index contributed by atoms with van der Waals surface area (Å²) < 4.78 is 4.51. The normalized spacial score (nSPS) is 9.00. The van der Waals surface area contributed by atoms with Crippen LogP contribution in [0.2, 0.25) is 0 Å². The van der Waals surface area contributed by atoms with Crippen molar-refractivity contribution in [3.8, 4) is 6.07 Å². The molecule has 0 saturated carbocycles. The molecule has 0 amide bonds. The van der Waals surface area contributed by atoms with Crippen LogP contribution in [0.25, 0.3) is 0 Å². The molecule has 0 aliphatic heterocycles. The Morgan fingerprint density at radius 1 is 1.69 bits per heavy atom. The summed E-state index contributed by atoms with van der Waals surface area (Å²) in [5.74, 6) is -0.470. The largest absolute Gasteiger partial charge is 0.465 e. The Bertz CT molecular complexity index is 384. The third-order valence-corrected chi connectivity index (χ3v) is 1.68. The Morgan fingerprint density at radius 2 is 2.38 bits per heavy atom. The van der Waals surface area contributed by atoms with Crippen molar-refractivity contribution in [2.24, 2.45) is 0 Å². The van der Waals surface area contributed by atoms with Gasteiger partial charge in [0.2, 0.25) is 0 Å². The topological polar surface area (TPSA) is 63.0 Å². The molecule has 1 rings (SSSR count). The van der Waals surface area contributed by atoms with Crippen LogP contribution in [0.15, 0.2) is 12.1 Å². The van der Waals surface area contributed by atoms with Crippen LogP contribution in [0.5, 0.6) is 0 Å². The molecule has 1 heterocycles. The standard InChI is InChI=1S/C8H7N2O2P/c1-12-8(11)5-2-6(4-9)10-7(13)3-5/h2-3H,13H2,1H3. The number of hydrogen-bond acceptors (Lipinski definition) is 4. The van der Waals surface area contributed by atoms with E-state index in [1.165, 1.54) is 19.2 Å². The van der Waals surface area contributed by atoms with E-state index < -0.39 is 5.97 Å². The Kier molecular flexibility index (Phi) is 2.94. The van der Waals surface area contributed by atoms with Crippen LogP contribution in [0.1, 0.15) is 16.1 Å². The smallest absolute Gasteiger partial charge is 0.338 e. The molecule has 1 aromatic heterocycles.